The lowest BCUT2D eigenvalue weighted by molar-refractivity contribution is -0.142. The van der Waals surface area contributed by atoms with Crippen molar-refractivity contribution >= 4 is 30.5 Å². The first-order valence-corrected chi connectivity index (χ1v) is 14.8. The summed E-state index contributed by atoms with van der Waals surface area (Å²) in [5.41, 5.74) is 2.01. The second-order valence-electron chi connectivity index (χ2n) is 11.2. The largest absolute Gasteiger partial charge is 0.444 e. The molecule has 0 aliphatic rings. The van der Waals surface area contributed by atoms with Crippen molar-refractivity contribution in [3.63, 3.8) is 0 Å². The zero-order valence-electron chi connectivity index (χ0n) is 24.9. The van der Waals surface area contributed by atoms with Crippen molar-refractivity contribution in [1.29, 1.82) is 0 Å². The molecule has 3 amide bonds. The third-order valence-electron chi connectivity index (χ3n) is 6.44. The second-order valence-corrected chi connectivity index (χ2v) is 11.6. The molecule has 3 atom stereocenters. The fourth-order valence-corrected chi connectivity index (χ4v) is 4.85. The molecule has 2 N–H and O–H groups in total. The van der Waals surface area contributed by atoms with E-state index in [0.717, 1.165) is 61.6 Å². The molecule has 0 saturated carbocycles. The van der Waals surface area contributed by atoms with Crippen molar-refractivity contribution in [2.24, 2.45) is 0 Å². The Balaban J connectivity index is 3.48. The van der Waals surface area contributed by atoms with Gasteiger partial charge in [0.1, 0.15) is 17.7 Å². The molecule has 0 radical (unpaired) electrons. The van der Waals surface area contributed by atoms with Gasteiger partial charge in [0.25, 0.3) is 0 Å². The first-order chi connectivity index (χ1) is 17.9. The standard InChI is InChI=1S/C30H51N3O4S/c1-9-11-12-13-14-19-33(28(35)24(20-38)32-29(36)37-30(6,7)8)26(27(34)31-23(5)16-10-2)25-21(3)17-15-18-22(25)4/h15,17-18,23-24,26,38H,9-14,16,19-20H2,1-8H3,(H,31,34)(H,32,36). The molecule has 0 aromatic heterocycles. The lowest BCUT2D eigenvalue weighted by Gasteiger charge is -2.36. The van der Waals surface area contributed by atoms with Gasteiger partial charge in [-0.3, -0.25) is 9.59 Å². The Morgan fingerprint density at radius 1 is 0.974 bits per heavy atom. The molecule has 38 heavy (non-hydrogen) atoms. The van der Waals surface area contributed by atoms with Crippen LogP contribution in [0, 0.1) is 13.8 Å². The molecule has 0 saturated heterocycles. The molecule has 0 spiro atoms. The Bertz CT molecular complexity index is 880. The lowest BCUT2D eigenvalue weighted by Crippen LogP contribution is -2.54. The van der Waals surface area contributed by atoms with E-state index in [1.54, 1.807) is 25.7 Å². The summed E-state index contributed by atoms with van der Waals surface area (Å²) in [6.45, 7) is 15.9. The summed E-state index contributed by atoms with van der Waals surface area (Å²) in [4.78, 5) is 42.2. The van der Waals surface area contributed by atoms with Crippen LogP contribution in [0.1, 0.15) is 109 Å². The number of thiol groups is 1. The van der Waals surface area contributed by atoms with E-state index < -0.39 is 23.8 Å². The van der Waals surface area contributed by atoms with Crippen LogP contribution in [-0.4, -0.2) is 52.8 Å². The van der Waals surface area contributed by atoms with E-state index in [2.05, 4.69) is 37.1 Å². The van der Waals surface area contributed by atoms with Crippen LogP contribution in [0.4, 0.5) is 4.79 Å². The minimum Gasteiger partial charge on any atom is -0.444 e. The molecule has 0 aliphatic carbocycles. The summed E-state index contributed by atoms with van der Waals surface area (Å²) in [6.07, 6.45) is 6.13. The van der Waals surface area contributed by atoms with E-state index in [0.29, 0.717) is 6.54 Å². The highest BCUT2D eigenvalue weighted by atomic mass is 32.1. The fraction of sp³-hybridized carbons (Fsp3) is 0.700. The molecule has 7 nitrogen and oxygen atoms in total. The van der Waals surface area contributed by atoms with Gasteiger partial charge in [-0.1, -0.05) is 64.2 Å². The van der Waals surface area contributed by atoms with Crippen LogP contribution in [0.25, 0.3) is 0 Å². The van der Waals surface area contributed by atoms with Crippen molar-refractivity contribution in [3.05, 3.63) is 34.9 Å². The van der Waals surface area contributed by atoms with Gasteiger partial charge in [-0.05, 0) is 71.1 Å². The number of unbranched alkanes of at least 4 members (excludes halogenated alkanes) is 4. The molecule has 1 aromatic rings. The fourth-order valence-electron chi connectivity index (χ4n) is 4.60. The molecule has 0 fully saturated rings. The van der Waals surface area contributed by atoms with Gasteiger partial charge >= 0.3 is 6.09 Å². The minimum absolute atomic E-state index is 0.0265. The zero-order chi connectivity index (χ0) is 28.9. The quantitative estimate of drug-likeness (QED) is 0.178. The predicted octanol–water partition coefficient (Wildman–Crippen LogP) is 6.27. The van der Waals surface area contributed by atoms with Gasteiger partial charge in [0, 0.05) is 18.3 Å². The van der Waals surface area contributed by atoms with Gasteiger partial charge in [0.15, 0.2) is 0 Å². The van der Waals surface area contributed by atoms with Crippen molar-refractivity contribution in [2.45, 2.75) is 124 Å². The van der Waals surface area contributed by atoms with Gasteiger partial charge in [-0.25, -0.2) is 4.79 Å². The van der Waals surface area contributed by atoms with Crippen LogP contribution in [0.5, 0.6) is 0 Å². The first kappa shape index (κ1) is 33.8. The number of ether oxygens (including phenoxy) is 1. The molecule has 216 valence electrons. The summed E-state index contributed by atoms with van der Waals surface area (Å²) in [5, 5.41) is 5.83. The summed E-state index contributed by atoms with van der Waals surface area (Å²) < 4.78 is 5.40. The molecular formula is C30H51N3O4S. The maximum absolute atomic E-state index is 14.1. The average molecular weight is 550 g/mol. The number of benzene rings is 1. The number of carbonyl (C=O) groups is 3. The summed E-state index contributed by atoms with van der Waals surface area (Å²) in [7, 11) is 0. The third-order valence-corrected chi connectivity index (χ3v) is 6.81. The van der Waals surface area contributed by atoms with Gasteiger partial charge in [0.2, 0.25) is 11.8 Å². The van der Waals surface area contributed by atoms with E-state index >= 15 is 0 Å². The minimum atomic E-state index is -0.934. The molecule has 0 aliphatic heterocycles. The van der Waals surface area contributed by atoms with E-state index in [4.69, 9.17) is 4.74 Å². The monoisotopic (exact) mass is 549 g/mol. The lowest BCUT2D eigenvalue weighted by atomic mass is 9.93. The topological polar surface area (TPSA) is 87.7 Å². The number of aryl methyl sites for hydroxylation is 2. The SMILES string of the molecule is CCCCCCCN(C(=O)C(CS)NC(=O)OC(C)(C)C)C(C(=O)NC(C)CCC)c1c(C)cccc1C. The van der Waals surface area contributed by atoms with E-state index in [1.807, 2.05) is 39.0 Å². The van der Waals surface area contributed by atoms with E-state index in [-0.39, 0.29) is 23.6 Å². The molecule has 1 rings (SSSR count). The summed E-state index contributed by atoms with van der Waals surface area (Å²) in [6, 6.07) is 4.11. The van der Waals surface area contributed by atoms with Crippen LogP contribution >= 0.6 is 12.6 Å². The van der Waals surface area contributed by atoms with Crippen molar-refractivity contribution in [1.82, 2.24) is 15.5 Å². The molecule has 0 bridgehead atoms. The highest BCUT2D eigenvalue weighted by Gasteiger charge is 2.37. The van der Waals surface area contributed by atoms with Gasteiger partial charge < -0.3 is 20.3 Å². The Kier molecular flexibility index (Phi) is 14.8. The van der Waals surface area contributed by atoms with Gasteiger partial charge in [-0.15, -0.1) is 0 Å². The molecule has 1 aromatic carbocycles. The Hall–Kier alpha value is -2.22. The van der Waals surface area contributed by atoms with Crippen LogP contribution in [-0.2, 0) is 14.3 Å². The average Bonchev–Trinajstić information content (AvgIpc) is 2.81. The van der Waals surface area contributed by atoms with E-state index in [1.165, 1.54) is 0 Å². The second kappa shape index (κ2) is 16.7. The number of alkyl carbamates (subject to hydrolysis) is 1. The number of carbonyl (C=O) groups excluding carboxylic acids is 3. The maximum atomic E-state index is 14.1. The van der Waals surface area contributed by atoms with Gasteiger partial charge in [-0.2, -0.15) is 12.6 Å². The molecular weight excluding hydrogens is 498 g/mol. The van der Waals surface area contributed by atoms with Crippen molar-refractivity contribution in [2.75, 3.05) is 12.3 Å². The number of rotatable bonds is 15. The number of hydrogen-bond donors (Lipinski definition) is 3. The van der Waals surface area contributed by atoms with Crippen LogP contribution in [0.3, 0.4) is 0 Å². The molecule has 0 heterocycles. The normalized spacial score (nSPS) is 13.8. The van der Waals surface area contributed by atoms with Gasteiger partial charge in [0.05, 0.1) is 0 Å². The Labute approximate surface area is 236 Å². The number of amides is 3. The van der Waals surface area contributed by atoms with Crippen molar-refractivity contribution < 1.29 is 19.1 Å². The highest BCUT2D eigenvalue weighted by molar-refractivity contribution is 7.80. The third kappa shape index (κ3) is 11.3. The zero-order valence-corrected chi connectivity index (χ0v) is 25.7. The van der Waals surface area contributed by atoms with Crippen LogP contribution in [0.15, 0.2) is 18.2 Å². The molecule has 3 unspecified atom stereocenters. The van der Waals surface area contributed by atoms with Crippen LogP contribution < -0.4 is 10.6 Å². The predicted molar refractivity (Wildman–Crippen MR) is 159 cm³/mol. The number of nitrogens with one attached hydrogen (secondary N) is 2. The first-order valence-electron chi connectivity index (χ1n) is 14.1. The Morgan fingerprint density at radius 2 is 1.58 bits per heavy atom. The molecule has 8 heteroatoms. The smallest absolute Gasteiger partial charge is 0.408 e. The van der Waals surface area contributed by atoms with E-state index in [9.17, 15) is 14.4 Å². The summed E-state index contributed by atoms with van der Waals surface area (Å²) in [5.74, 6) is -0.467. The number of hydrogen-bond acceptors (Lipinski definition) is 5. The summed E-state index contributed by atoms with van der Waals surface area (Å²) >= 11 is 4.39. The Morgan fingerprint density at radius 3 is 2.11 bits per heavy atom. The van der Waals surface area contributed by atoms with Crippen LogP contribution in [0.2, 0.25) is 0 Å². The van der Waals surface area contributed by atoms with Crippen molar-refractivity contribution in [3.8, 4) is 0 Å². The number of nitrogens with zero attached hydrogens (tertiary/aromatic N) is 1. The highest BCUT2D eigenvalue weighted by Crippen LogP contribution is 2.29. The maximum Gasteiger partial charge on any atom is 0.408 e.